The molecule has 0 radical (unpaired) electrons. The molecular weight excluding hydrogens is 378 g/mol. The fourth-order valence-electron chi connectivity index (χ4n) is 3.33. The Kier molecular flexibility index (Phi) is 6.08. The Hall–Kier alpha value is -2.74. The number of benzene rings is 2. The number of rotatable bonds is 6. The molecule has 1 aliphatic heterocycles. The number of sulfonamides is 1. The normalized spacial score (nSPS) is 13.6. The van der Waals surface area contributed by atoms with Gasteiger partial charge in [-0.15, -0.1) is 0 Å². The second-order valence-electron chi connectivity index (χ2n) is 6.61. The minimum Gasteiger partial charge on any atom is -0.495 e. The molecule has 0 unspecified atom stereocenters. The number of para-hydroxylation sites is 2. The third-order valence-electron chi connectivity index (χ3n) is 4.57. The number of anilines is 3. The van der Waals surface area contributed by atoms with Gasteiger partial charge in [0.25, 0.3) is 0 Å². The predicted octanol–water partition coefficient (Wildman–Crippen LogP) is 3.83. The molecule has 150 valence electrons. The van der Waals surface area contributed by atoms with Crippen molar-refractivity contribution in [3.63, 3.8) is 0 Å². The van der Waals surface area contributed by atoms with Crippen molar-refractivity contribution in [1.29, 1.82) is 0 Å². The summed E-state index contributed by atoms with van der Waals surface area (Å²) in [6, 6.07) is 12.1. The van der Waals surface area contributed by atoms with Gasteiger partial charge in [0, 0.05) is 12.2 Å². The smallest absolute Gasteiger partial charge is 0.323 e. The first kappa shape index (κ1) is 20.0. The molecule has 0 aromatic heterocycles. The van der Waals surface area contributed by atoms with E-state index < -0.39 is 16.1 Å². The number of ether oxygens (including phenoxy) is 1. The van der Waals surface area contributed by atoms with Gasteiger partial charge in [0.2, 0.25) is 10.0 Å². The summed E-state index contributed by atoms with van der Waals surface area (Å²) >= 11 is 0. The number of methoxy groups -OCH3 is 1. The van der Waals surface area contributed by atoms with Crippen LogP contribution in [0.2, 0.25) is 0 Å². The van der Waals surface area contributed by atoms with Crippen molar-refractivity contribution in [3.05, 3.63) is 48.0 Å². The van der Waals surface area contributed by atoms with Gasteiger partial charge < -0.3 is 15.4 Å². The molecule has 8 heteroatoms. The van der Waals surface area contributed by atoms with E-state index in [0.717, 1.165) is 18.4 Å². The van der Waals surface area contributed by atoms with Gasteiger partial charge in [-0.3, -0.25) is 4.31 Å². The topological polar surface area (TPSA) is 87.7 Å². The van der Waals surface area contributed by atoms with Crippen molar-refractivity contribution in [1.82, 2.24) is 0 Å². The third-order valence-corrected chi connectivity index (χ3v) is 6.54. The molecule has 2 aromatic rings. The Labute approximate surface area is 165 Å². The van der Waals surface area contributed by atoms with E-state index >= 15 is 0 Å². The molecule has 0 atom stereocenters. The number of hydrogen-bond donors (Lipinski definition) is 2. The van der Waals surface area contributed by atoms with Gasteiger partial charge in [-0.2, -0.15) is 0 Å². The molecule has 2 N–H and O–H groups in total. The summed E-state index contributed by atoms with van der Waals surface area (Å²) in [5, 5.41) is 5.56. The summed E-state index contributed by atoms with van der Waals surface area (Å²) in [5.41, 5.74) is 2.80. The molecule has 2 aromatic carbocycles. The van der Waals surface area contributed by atoms with Gasteiger partial charge >= 0.3 is 6.03 Å². The van der Waals surface area contributed by atoms with Gasteiger partial charge in [0.15, 0.2) is 0 Å². The van der Waals surface area contributed by atoms with Crippen molar-refractivity contribution in [2.24, 2.45) is 0 Å². The lowest BCUT2D eigenvalue weighted by Gasteiger charge is -2.30. The zero-order valence-electron chi connectivity index (χ0n) is 16.1. The maximum atomic E-state index is 12.5. The molecule has 2 amide bonds. The first-order valence-electron chi connectivity index (χ1n) is 9.29. The molecular formula is C20H25N3O4S. The van der Waals surface area contributed by atoms with E-state index in [4.69, 9.17) is 4.74 Å². The zero-order valence-corrected chi connectivity index (χ0v) is 16.9. The molecule has 28 heavy (non-hydrogen) atoms. The largest absolute Gasteiger partial charge is 0.495 e. The van der Waals surface area contributed by atoms with Crippen LogP contribution >= 0.6 is 0 Å². The van der Waals surface area contributed by atoms with Gasteiger partial charge in [-0.25, -0.2) is 13.2 Å². The van der Waals surface area contributed by atoms with Gasteiger partial charge in [0.05, 0.1) is 24.2 Å². The first-order chi connectivity index (χ1) is 13.4. The molecule has 0 saturated heterocycles. The highest BCUT2D eigenvalue weighted by Gasteiger charge is 2.26. The predicted molar refractivity (Wildman–Crippen MR) is 112 cm³/mol. The van der Waals surface area contributed by atoms with Crippen LogP contribution in [0.1, 0.15) is 25.3 Å². The average Bonchev–Trinajstić information content (AvgIpc) is 2.67. The van der Waals surface area contributed by atoms with Crippen LogP contribution in [0.5, 0.6) is 5.75 Å². The second kappa shape index (κ2) is 8.52. The quantitative estimate of drug-likeness (QED) is 0.767. The molecule has 0 saturated carbocycles. The lowest BCUT2D eigenvalue weighted by atomic mass is 10.0. The Morgan fingerprint density at radius 2 is 1.96 bits per heavy atom. The van der Waals surface area contributed by atoms with E-state index in [1.807, 2.05) is 25.1 Å². The van der Waals surface area contributed by atoms with Gasteiger partial charge in [-0.1, -0.05) is 19.1 Å². The van der Waals surface area contributed by atoms with E-state index in [2.05, 4.69) is 10.6 Å². The Morgan fingerprint density at radius 1 is 1.18 bits per heavy atom. The van der Waals surface area contributed by atoms with Gasteiger partial charge in [0.1, 0.15) is 5.75 Å². The van der Waals surface area contributed by atoms with Crippen LogP contribution in [0.15, 0.2) is 42.5 Å². The summed E-state index contributed by atoms with van der Waals surface area (Å²) in [7, 11) is -1.77. The van der Waals surface area contributed by atoms with E-state index in [1.165, 1.54) is 4.31 Å². The van der Waals surface area contributed by atoms with E-state index in [0.29, 0.717) is 35.8 Å². The standard InChI is InChI=1S/C20H25N3O4S/c1-3-13-28(25,26)23-12-6-7-15-14-16(10-11-18(15)23)21-20(24)22-17-8-4-5-9-19(17)27-2/h4-5,8-11,14H,3,6-7,12-13H2,1-2H3,(H2,21,22,24). The number of carbonyl (C=O) groups is 1. The van der Waals surface area contributed by atoms with Crippen molar-refractivity contribution in [3.8, 4) is 5.75 Å². The molecule has 0 spiro atoms. The summed E-state index contributed by atoms with van der Waals surface area (Å²) in [5.74, 6) is 0.702. The summed E-state index contributed by atoms with van der Waals surface area (Å²) < 4.78 is 31.7. The van der Waals surface area contributed by atoms with Crippen molar-refractivity contribution in [2.75, 3.05) is 34.3 Å². The maximum Gasteiger partial charge on any atom is 0.323 e. The Bertz CT molecular complexity index is 960. The minimum absolute atomic E-state index is 0.133. The number of nitrogens with zero attached hydrogens (tertiary/aromatic N) is 1. The second-order valence-corrected chi connectivity index (χ2v) is 8.63. The minimum atomic E-state index is -3.31. The average molecular weight is 404 g/mol. The SMILES string of the molecule is CCCS(=O)(=O)N1CCCc2cc(NC(=O)Nc3ccccc3OC)ccc21. The number of amides is 2. The monoisotopic (exact) mass is 403 g/mol. The number of aryl methyl sites for hydroxylation is 1. The van der Waals surface area contributed by atoms with Crippen LogP contribution in [0.3, 0.4) is 0 Å². The summed E-state index contributed by atoms with van der Waals surface area (Å²) in [4.78, 5) is 12.3. The van der Waals surface area contributed by atoms with Crippen molar-refractivity contribution < 1.29 is 17.9 Å². The Balaban J connectivity index is 1.76. The molecule has 1 heterocycles. The van der Waals surface area contributed by atoms with Crippen LogP contribution in [-0.4, -0.2) is 33.9 Å². The number of hydrogen-bond acceptors (Lipinski definition) is 4. The van der Waals surface area contributed by atoms with Crippen molar-refractivity contribution in [2.45, 2.75) is 26.2 Å². The van der Waals surface area contributed by atoms with Crippen LogP contribution in [0, 0.1) is 0 Å². The summed E-state index contributed by atoms with van der Waals surface area (Å²) in [6.45, 7) is 2.35. The highest BCUT2D eigenvalue weighted by molar-refractivity contribution is 7.92. The maximum absolute atomic E-state index is 12.5. The lowest BCUT2D eigenvalue weighted by Crippen LogP contribution is -2.37. The van der Waals surface area contributed by atoms with Crippen LogP contribution in [0.25, 0.3) is 0 Å². The number of nitrogens with one attached hydrogen (secondary N) is 2. The molecule has 1 aliphatic rings. The van der Waals surface area contributed by atoms with E-state index in [1.54, 1.807) is 31.4 Å². The zero-order chi connectivity index (χ0) is 20.1. The van der Waals surface area contributed by atoms with Gasteiger partial charge in [-0.05, 0) is 55.2 Å². The molecule has 0 fully saturated rings. The Morgan fingerprint density at radius 3 is 2.71 bits per heavy atom. The fourth-order valence-corrected chi connectivity index (χ4v) is 4.95. The van der Waals surface area contributed by atoms with E-state index in [9.17, 15) is 13.2 Å². The molecule has 7 nitrogen and oxygen atoms in total. The number of fused-ring (bicyclic) bond motifs is 1. The highest BCUT2D eigenvalue weighted by Crippen LogP contribution is 2.32. The fraction of sp³-hybridized carbons (Fsp3) is 0.350. The van der Waals surface area contributed by atoms with E-state index in [-0.39, 0.29) is 5.75 Å². The van der Waals surface area contributed by atoms with Crippen LogP contribution in [-0.2, 0) is 16.4 Å². The van der Waals surface area contributed by atoms with Crippen LogP contribution in [0.4, 0.5) is 21.9 Å². The molecule has 0 bridgehead atoms. The molecule has 0 aliphatic carbocycles. The number of carbonyl (C=O) groups excluding carboxylic acids is 1. The first-order valence-corrected chi connectivity index (χ1v) is 10.9. The van der Waals surface area contributed by atoms with Crippen LogP contribution < -0.4 is 19.7 Å². The number of urea groups is 1. The highest BCUT2D eigenvalue weighted by atomic mass is 32.2. The third kappa shape index (κ3) is 4.39. The van der Waals surface area contributed by atoms with Crippen molar-refractivity contribution >= 4 is 33.1 Å². The summed E-state index contributed by atoms with van der Waals surface area (Å²) in [6.07, 6.45) is 2.11. The molecule has 3 rings (SSSR count). The lowest BCUT2D eigenvalue weighted by molar-refractivity contribution is 0.262.